The Labute approximate surface area is 185 Å². The average molecular weight is 461 g/mol. The smallest absolute Gasteiger partial charge is 0.324 e. The second-order valence-corrected chi connectivity index (χ2v) is 8.19. The minimum absolute atomic E-state index is 0.0564. The molecule has 166 valence electrons. The molecule has 0 saturated heterocycles. The van der Waals surface area contributed by atoms with E-state index in [9.17, 15) is 22.8 Å². The molecule has 1 aliphatic rings. The normalized spacial score (nSPS) is 14.0. The van der Waals surface area contributed by atoms with Crippen LogP contribution in [-0.2, 0) is 23.9 Å². The van der Waals surface area contributed by atoms with Crippen LogP contribution in [0.5, 0.6) is 0 Å². The van der Waals surface area contributed by atoms with Gasteiger partial charge in [0.1, 0.15) is 5.69 Å². The molecule has 3 heterocycles. The standard InChI is InChI=1S/C21H18F3N5O2S/c22-21(23,24)13-5-1-2-6-14(13)26-18(30)12-29-10-8-15-17(11-29)32-20(27-15)28-19(31)16-7-3-4-9-25-16/h1-7,9H,8,10-12H2,(H,26,30)(H,27,28,31). The van der Waals surface area contributed by atoms with Gasteiger partial charge in [-0.1, -0.05) is 18.2 Å². The fourth-order valence-electron chi connectivity index (χ4n) is 3.33. The van der Waals surface area contributed by atoms with Crippen molar-refractivity contribution in [3.63, 3.8) is 0 Å². The van der Waals surface area contributed by atoms with Gasteiger partial charge in [0.05, 0.1) is 23.5 Å². The van der Waals surface area contributed by atoms with E-state index in [4.69, 9.17) is 0 Å². The van der Waals surface area contributed by atoms with Crippen molar-refractivity contribution in [3.8, 4) is 0 Å². The molecule has 2 N–H and O–H groups in total. The summed E-state index contributed by atoms with van der Waals surface area (Å²) in [5.41, 5.74) is -0.0338. The first-order chi connectivity index (χ1) is 15.3. The number of hydrogen-bond acceptors (Lipinski definition) is 6. The summed E-state index contributed by atoms with van der Waals surface area (Å²) in [5.74, 6) is -0.894. The quantitative estimate of drug-likeness (QED) is 0.604. The van der Waals surface area contributed by atoms with Crippen molar-refractivity contribution in [1.29, 1.82) is 0 Å². The zero-order valence-corrected chi connectivity index (χ0v) is 17.5. The number of alkyl halides is 3. The lowest BCUT2D eigenvalue weighted by Crippen LogP contribution is -2.37. The van der Waals surface area contributed by atoms with E-state index >= 15 is 0 Å². The zero-order chi connectivity index (χ0) is 22.7. The van der Waals surface area contributed by atoms with E-state index in [-0.39, 0.29) is 23.8 Å². The van der Waals surface area contributed by atoms with E-state index in [2.05, 4.69) is 20.6 Å². The molecule has 0 atom stereocenters. The fourth-order valence-corrected chi connectivity index (χ4v) is 4.37. The molecule has 0 radical (unpaired) electrons. The number of nitrogens with one attached hydrogen (secondary N) is 2. The van der Waals surface area contributed by atoms with Gasteiger partial charge in [0.25, 0.3) is 5.91 Å². The lowest BCUT2D eigenvalue weighted by Gasteiger charge is -2.25. The molecule has 0 unspecified atom stereocenters. The highest BCUT2D eigenvalue weighted by Gasteiger charge is 2.33. The number of thiazole rings is 1. The van der Waals surface area contributed by atoms with Crippen LogP contribution in [0.15, 0.2) is 48.7 Å². The number of pyridine rings is 1. The van der Waals surface area contributed by atoms with Gasteiger partial charge in [0, 0.05) is 30.6 Å². The van der Waals surface area contributed by atoms with Crippen LogP contribution >= 0.6 is 11.3 Å². The number of nitrogens with zero attached hydrogens (tertiary/aromatic N) is 3. The topological polar surface area (TPSA) is 87.2 Å². The number of carbonyl (C=O) groups excluding carboxylic acids is 2. The van der Waals surface area contributed by atoms with Crippen molar-refractivity contribution in [2.24, 2.45) is 0 Å². The zero-order valence-electron chi connectivity index (χ0n) is 16.6. The molecule has 0 saturated carbocycles. The highest BCUT2D eigenvalue weighted by Crippen LogP contribution is 2.34. The molecule has 7 nitrogen and oxygen atoms in total. The molecule has 0 fully saturated rings. The predicted octanol–water partition coefficient (Wildman–Crippen LogP) is 3.81. The minimum Gasteiger partial charge on any atom is -0.324 e. The van der Waals surface area contributed by atoms with E-state index in [1.165, 1.54) is 35.7 Å². The van der Waals surface area contributed by atoms with Gasteiger partial charge in [0.15, 0.2) is 5.13 Å². The Hall–Kier alpha value is -3.31. The molecule has 3 aromatic rings. The van der Waals surface area contributed by atoms with E-state index in [1.807, 2.05) is 4.90 Å². The van der Waals surface area contributed by atoms with E-state index in [1.54, 1.807) is 18.2 Å². The SMILES string of the molecule is O=C(CN1CCc2nc(NC(=O)c3ccccn3)sc2C1)Nc1ccccc1C(F)(F)F. The maximum absolute atomic E-state index is 13.1. The van der Waals surface area contributed by atoms with Crippen LogP contribution in [0, 0.1) is 0 Å². The van der Waals surface area contributed by atoms with Crippen LogP contribution in [0.3, 0.4) is 0 Å². The van der Waals surface area contributed by atoms with Crippen LogP contribution < -0.4 is 10.6 Å². The van der Waals surface area contributed by atoms with Crippen LogP contribution in [0.25, 0.3) is 0 Å². The van der Waals surface area contributed by atoms with Gasteiger partial charge in [-0.05, 0) is 24.3 Å². The average Bonchev–Trinajstić information content (AvgIpc) is 3.15. The van der Waals surface area contributed by atoms with Gasteiger partial charge in [-0.2, -0.15) is 13.2 Å². The largest absolute Gasteiger partial charge is 0.418 e. The van der Waals surface area contributed by atoms with Crippen LogP contribution in [0.2, 0.25) is 0 Å². The number of carbonyl (C=O) groups is 2. The minimum atomic E-state index is -4.55. The Morgan fingerprint density at radius 2 is 1.88 bits per heavy atom. The van der Waals surface area contributed by atoms with Gasteiger partial charge in [-0.15, -0.1) is 11.3 Å². The van der Waals surface area contributed by atoms with Gasteiger partial charge >= 0.3 is 6.18 Å². The van der Waals surface area contributed by atoms with Gasteiger partial charge in [-0.3, -0.25) is 24.8 Å². The Kier molecular flexibility index (Phi) is 6.19. The lowest BCUT2D eigenvalue weighted by molar-refractivity contribution is -0.137. The maximum atomic E-state index is 13.1. The third kappa shape index (κ3) is 5.11. The summed E-state index contributed by atoms with van der Waals surface area (Å²) in [4.78, 5) is 35.8. The van der Waals surface area contributed by atoms with Gasteiger partial charge < -0.3 is 5.32 Å². The Morgan fingerprint density at radius 1 is 1.09 bits per heavy atom. The molecule has 1 aliphatic heterocycles. The summed E-state index contributed by atoms with van der Waals surface area (Å²) in [5, 5.41) is 5.53. The molecule has 4 rings (SSSR count). The molecule has 32 heavy (non-hydrogen) atoms. The lowest BCUT2D eigenvalue weighted by atomic mass is 10.1. The monoisotopic (exact) mass is 461 g/mol. The molecule has 0 aliphatic carbocycles. The second kappa shape index (κ2) is 9.05. The summed E-state index contributed by atoms with van der Waals surface area (Å²) in [6.07, 6.45) is -2.46. The number of benzene rings is 1. The predicted molar refractivity (Wildman–Crippen MR) is 113 cm³/mol. The summed E-state index contributed by atoms with van der Waals surface area (Å²) >= 11 is 1.31. The first-order valence-electron chi connectivity index (χ1n) is 9.69. The van der Waals surface area contributed by atoms with Crippen LogP contribution in [0.1, 0.15) is 26.6 Å². The summed E-state index contributed by atoms with van der Waals surface area (Å²) in [7, 11) is 0. The molecule has 0 spiro atoms. The van der Waals surface area contributed by atoms with Crippen molar-refractivity contribution >= 4 is 34.0 Å². The number of hydrogen-bond donors (Lipinski definition) is 2. The summed E-state index contributed by atoms with van der Waals surface area (Å²) in [6.45, 7) is 0.888. The van der Waals surface area contributed by atoms with Crippen molar-refractivity contribution in [2.75, 3.05) is 23.7 Å². The highest BCUT2D eigenvalue weighted by molar-refractivity contribution is 7.15. The Bertz CT molecular complexity index is 1130. The summed E-state index contributed by atoms with van der Waals surface area (Å²) in [6, 6.07) is 9.90. The molecule has 1 aromatic carbocycles. The number of halogens is 3. The third-order valence-corrected chi connectivity index (χ3v) is 5.80. The number of rotatable bonds is 5. The van der Waals surface area contributed by atoms with Gasteiger partial charge in [0.2, 0.25) is 5.91 Å². The molecular formula is C21H18F3N5O2S. The van der Waals surface area contributed by atoms with Crippen molar-refractivity contribution in [1.82, 2.24) is 14.9 Å². The van der Waals surface area contributed by atoms with E-state index in [0.29, 0.717) is 24.6 Å². The molecule has 11 heteroatoms. The fraction of sp³-hybridized carbons (Fsp3) is 0.238. The van der Waals surface area contributed by atoms with E-state index in [0.717, 1.165) is 16.6 Å². The first-order valence-corrected chi connectivity index (χ1v) is 10.5. The number of anilines is 2. The number of amides is 2. The number of aromatic nitrogens is 2. The highest BCUT2D eigenvalue weighted by atomic mass is 32.1. The Morgan fingerprint density at radius 3 is 2.62 bits per heavy atom. The molecule has 2 aromatic heterocycles. The molecular weight excluding hydrogens is 443 g/mol. The number of para-hydroxylation sites is 1. The summed E-state index contributed by atoms with van der Waals surface area (Å²) < 4.78 is 39.4. The van der Waals surface area contributed by atoms with Crippen LogP contribution in [-0.4, -0.2) is 39.8 Å². The van der Waals surface area contributed by atoms with Crippen LogP contribution in [0.4, 0.5) is 24.0 Å². The van der Waals surface area contributed by atoms with Crippen molar-refractivity contribution < 1.29 is 22.8 Å². The number of fused-ring (bicyclic) bond motifs is 1. The van der Waals surface area contributed by atoms with E-state index < -0.39 is 17.6 Å². The van der Waals surface area contributed by atoms with Gasteiger partial charge in [-0.25, -0.2) is 4.98 Å². The second-order valence-electron chi connectivity index (χ2n) is 7.11. The molecule has 0 bridgehead atoms. The maximum Gasteiger partial charge on any atom is 0.418 e. The first kappa shape index (κ1) is 21.9. The third-order valence-electron chi connectivity index (χ3n) is 4.80. The van der Waals surface area contributed by atoms with Crippen molar-refractivity contribution in [3.05, 3.63) is 70.5 Å². The van der Waals surface area contributed by atoms with Crippen molar-refractivity contribution in [2.45, 2.75) is 19.1 Å². The Balaban J connectivity index is 1.37. The molecule has 2 amide bonds.